The Balaban J connectivity index is 1.32. The van der Waals surface area contributed by atoms with E-state index in [1.165, 1.54) is 11.6 Å². The summed E-state index contributed by atoms with van der Waals surface area (Å²) in [6.07, 6.45) is -3.37. The topological polar surface area (TPSA) is 13.0 Å². The van der Waals surface area contributed by atoms with Gasteiger partial charge in [0.15, 0.2) is 0 Å². The number of likely N-dealkylation sites (N-methyl/N-ethyl adjacent to an activating group) is 1. The fourth-order valence-electron chi connectivity index (χ4n) is 5.80. The summed E-state index contributed by atoms with van der Waals surface area (Å²) in [7, 11) is 2.09. The Kier molecular flexibility index (Phi) is 8.82. The number of hydrogen-bond donors (Lipinski definition) is 0. The van der Waals surface area contributed by atoms with Gasteiger partial charge in [-0.3, -0.25) is 9.80 Å². The van der Waals surface area contributed by atoms with Crippen molar-refractivity contribution in [2.45, 2.75) is 25.2 Å². The Morgan fingerprint density at radius 2 is 1.46 bits per heavy atom. The van der Waals surface area contributed by atoms with Crippen LogP contribution in [0.5, 0.6) is 0 Å². The Morgan fingerprint density at radius 3 is 2.15 bits per heavy atom. The van der Waals surface area contributed by atoms with Crippen molar-refractivity contribution in [3.05, 3.63) is 100 Å². The number of nitrogens with zero attached hydrogens (tertiary/aromatic N) is 4. The van der Waals surface area contributed by atoms with E-state index in [4.69, 9.17) is 11.6 Å². The van der Waals surface area contributed by atoms with Crippen LogP contribution in [0.1, 0.15) is 34.7 Å². The molecule has 3 aromatic carbocycles. The molecule has 2 heterocycles. The summed E-state index contributed by atoms with van der Waals surface area (Å²) < 4.78 is 42.0. The molecule has 208 valence electrons. The third kappa shape index (κ3) is 6.95. The van der Waals surface area contributed by atoms with Gasteiger partial charge < -0.3 is 9.80 Å². The van der Waals surface area contributed by atoms with Gasteiger partial charge in [0.25, 0.3) is 0 Å². The molecule has 0 aliphatic carbocycles. The summed E-state index contributed by atoms with van der Waals surface area (Å²) in [6.45, 7) is 6.83. The van der Waals surface area contributed by atoms with Crippen LogP contribution in [0, 0.1) is 0 Å². The van der Waals surface area contributed by atoms with Crippen LogP contribution < -0.4 is 4.90 Å². The number of piperazine rings is 1. The molecule has 0 aromatic heterocycles. The highest BCUT2D eigenvalue weighted by molar-refractivity contribution is 6.30. The lowest BCUT2D eigenvalue weighted by Gasteiger charge is -2.40. The van der Waals surface area contributed by atoms with Crippen molar-refractivity contribution in [3.63, 3.8) is 0 Å². The smallest absolute Gasteiger partial charge is 0.370 e. The fourth-order valence-corrected chi connectivity index (χ4v) is 5.93. The number of anilines is 1. The van der Waals surface area contributed by atoms with E-state index >= 15 is 0 Å². The zero-order valence-corrected chi connectivity index (χ0v) is 23.1. The van der Waals surface area contributed by atoms with E-state index in [0.717, 1.165) is 56.9 Å². The van der Waals surface area contributed by atoms with Crippen molar-refractivity contribution >= 4 is 17.3 Å². The first kappa shape index (κ1) is 28.0. The number of hydrogen-bond acceptors (Lipinski definition) is 4. The molecule has 2 fully saturated rings. The lowest BCUT2D eigenvalue weighted by atomic mass is 9.96. The number of benzene rings is 3. The molecule has 2 saturated heterocycles. The van der Waals surface area contributed by atoms with E-state index in [9.17, 15) is 13.2 Å². The lowest BCUT2D eigenvalue weighted by molar-refractivity contribution is -0.138. The first-order chi connectivity index (χ1) is 18.8. The molecular formula is C31H36ClF3N4. The molecule has 3 aromatic rings. The summed E-state index contributed by atoms with van der Waals surface area (Å²) >= 11 is 6.16. The zero-order valence-electron chi connectivity index (χ0n) is 22.4. The molecule has 4 nitrogen and oxygen atoms in total. The van der Waals surface area contributed by atoms with Crippen LogP contribution in [-0.4, -0.2) is 74.1 Å². The average molecular weight is 557 g/mol. The maximum absolute atomic E-state index is 14.0. The number of alkyl halides is 3. The van der Waals surface area contributed by atoms with Crippen molar-refractivity contribution < 1.29 is 13.2 Å². The van der Waals surface area contributed by atoms with Gasteiger partial charge in [0.2, 0.25) is 0 Å². The highest BCUT2D eigenvalue weighted by atomic mass is 35.5. The van der Waals surface area contributed by atoms with E-state index in [1.807, 2.05) is 30.3 Å². The third-order valence-electron chi connectivity index (χ3n) is 7.95. The molecule has 8 heteroatoms. The van der Waals surface area contributed by atoms with Crippen molar-refractivity contribution in [2.75, 3.05) is 64.3 Å². The van der Waals surface area contributed by atoms with Gasteiger partial charge in [0.1, 0.15) is 0 Å². The molecule has 0 spiro atoms. The molecule has 0 bridgehead atoms. The van der Waals surface area contributed by atoms with Gasteiger partial charge in [0.05, 0.1) is 11.6 Å². The summed E-state index contributed by atoms with van der Waals surface area (Å²) in [6, 6.07) is 23.1. The summed E-state index contributed by atoms with van der Waals surface area (Å²) in [5.41, 5.74) is 3.09. The zero-order chi connectivity index (χ0) is 27.4. The second kappa shape index (κ2) is 12.3. The lowest BCUT2D eigenvalue weighted by Crippen LogP contribution is -2.47. The van der Waals surface area contributed by atoms with E-state index in [2.05, 4.69) is 50.9 Å². The summed E-state index contributed by atoms with van der Waals surface area (Å²) in [5, 5.41) is 0.699. The first-order valence-corrected chi connectivity index (χ1v) is 14.1. The molecule has 39 heavy (non-hydrogen) atoms. The molecule has 1 unspecified atom stereocenters. The van der Waals surface area contributed by atoms with E-state index in [-0.39, 0.29) is 6.04 Å². The van der Waals surface area contributed by atoms with Crippen LogP contribution in [0.4, 0.5) is 18.9 Å². The average Bonchev–Trinajstić information content (AvgIpc) is 3.15. The van der Waals surface area contributed by atoms with Gasteiger partial charge in [-0.25, -0.2) is 0 Å². The van der Waals surface area contributed by atoms with Crippen LogP contribution in [0.15, 0.2) is 72.8 Å². The van der Waals surface area contributed by atoms with Crippen molar-refractivity contribution in [2.24, 2.45) is 0 Å². The largest absolute Gasteiger partial charge is 0.416 e. The second-order valence-corrected chi connectivity index (χ2v) is 11.1. The van der Waals surface area contributed by atoms with Crippen molar-refractivity contribution in [3.8, 4) is 0 Å². The minimum atomic E-state index is -4.37. The maximum Gasteiger partial charge on any atom is 0.416 e. The predicted octanol–water partition coefficient (Wildman–Crippen LogP) is 6.41. The predicted molar refractivity (Wildman–Crippen MR) is 152 cm³/mol. The van der Waals surface area contributed by atoms with Gasteiger partial charge >= 0.3 is 6.18 Å². The maximum atomic E-state index is 14.0. The Bertz CT molecular complexity index is 1210. The molecule has 2 aliphatic heterocycles. The normalized spacial score (nSPS) is 19.2. The fraction of sp³-hybridized carbons (Fsp3) is 0.419. The number of halogens is 4. The molecule has 1 atom stereocenters. The molecule has 0 N–H and O–H groups in total. The molecule has 0 radical (unpaired) electrons. The Labute approximate surface area is 234 Å². The Hall–Kier alpha value is -2.58. The van der Waals surface area contributed by atoms with Gasteiger partial charge in [0, 0.05) is 63.1 Å². The third-order valence-corrected chi connectivity index (χ3v) is 8.20. The van der Waals surface area contributed by atoms with Crippen LogP contribution in [0.25, 0.3) is 0 Å². The van der Waals surface area contributed by atoms with E-state index in [1.54, 1.807) is 12.1 Å². The van der Waals surface area contributed by atoms with Crippen LogP contribution in [-0.2, 0) is 12.7 Å². The Morgan fingerprint density at radius 1 is 0.769 bits per heavy atom. The van der Waals surface area contributed by atoms with Crippen LogP contribution in [0.2, 0.25) is 5.02 Å². The molecule has 5 rings (SSSR count). The highest BCUT2D eigenvalue weighted by Gasteiger charge is 2.35. The summed E-state index contributed by atoms with van der Waals surface area (Å²) in [5.74, 6) is 0. The van der Waals surface area contributed by atoms with Gasteiger partial charge in [-0.2, -0.15) is 13.2 Å². The van der Waals surface area contributed by atoms with Crippen molar-refractivity contribution in [1.82, 2.24) is 14.7 Å². The van der Waals surface area contributed by atoms with Crippen LogP contribution in [0.3, 0.4) is 0 Å². The van der Waals surface area contributed by atoms with Gasteiger partial charge in [-0.1, -0.05) is 54.1 Å². The van der Waals surface area contributed by atoms with Crippen LogP contribution >= 0.6 is 11.6 Å². The standard InChI is InChI=1S/C31H36ClF3N4/c1-36-14-5-15-38(19-16-36)28-12-13-29(31(33,34)35)26(22-28)23-37-17-20-39(21-18-37)30(24-6-3-2-4-7-24)25-8-10-27(32)11-9-25/h2-4,6-13,22,30H,5,14-21,23H2,1H3. The first-order valence-electron chi connectivity index (χ1n) is 13.7. The molecular weight excluding hydrogens is 521 g/mol. The minimum Gasteiger partial charge on any atom is -0.370 e. The molecule has 0 amide bonds. The highest BCUT2D eigenvalue weighted by Crippen LogP contribution is 2.36. The molecule has 2 aliphatic rings. The van der Waals surface area contributed by atoms with Gasteiger partial charge in [-0.15, -0.1) is 0 Å². The minimum absolute atomic E-state index is 0.0702. The quantitative estimate of drug-likeness (QED) is 0.348. The van der Waals surface area contributed by atoms with Gasteiger partial charge in [-0.05, 0) is 67.0 Å². The monoisotopic (exact) mass is 556 g/mol. The summed E-state index contributed by atoms with van der Waals surface area (Å²) in [4.78, 5) is 9.08. The SMILES string of the molecule is CN1CCCN(c2ccc(C(F)(F)F)c(CN3CCN(C(c4ccccc4)c4ccc(Cl)cc4)CC3)c2)CC1. The second-order valence-electron chi connectivity index (χ2n) is 10.7. The van der Waals surface area contributed by atoms with E-state index in [0.29, 0.717) is 30.2 Å². The number of rotatable bonds is 6. The van der Waals surface area contributed by atoms with Crippen molar-refractivity contribution in [1.29, 1.82) is 0 Å². The van der Waals surface area contributed by atoms with E-state index < -0.39 is 11.7 Å². The molecule has 0 saturated carbocycles.